The average molecular weight is 268 g/mol. The second-order valence-electron chi connectivity index (χ2n) is 4.60. The second kappa shape index (κ2) is 6.63. The fourth-order valence-corrected chi connectivity index (χ4v) is 1.62. The third-order valence-corrected chi connectivity index (χ3v) is 3.40. The molecule has 1 aromatic carbocycles. The van der Waals surface area contributed by atoms with Gasteiger partial charge in [0.1, 0.15) is 11.4 Å². The van der Waals surface area contributed by atoms with E-state index in [1.807, 2.05) is 6.92 Å². The van der Waals surface area contributed by atoms with Crippen molar-refractivity contribution in [3.05, 3.63) is 35.1 Å². The summed E-state index contributed by atoms with van der Waals surface area (Å²) in [6.45, 7) is 3.99. The van der Waals surface area contributed by atoms with Gasteiger partial charge < -0.3 is 15.8 Å². The number of nitrogens with one attached hydrogen (secondary N) is 1. The predicted octanol–water partition coefficient (Wildman–Crippen LogP) is 1.72. The Morgan fingerprint density at radius 2 is 2.21 bits per heavy atom. The molecule has 0 saturated carbocycles. The number of methoxy groups -OCH3 is 1. The van der Waals surface area contributed by atoms with E-state index in [9.17, 15) is 9.18 Å². The number of benzene rings is 1. The zero-order chi connectivity index (χ0) is 14.5. The van der Waals surface area contributed by atoms with Gasteiger partial charge >= 0.3 is 0 Å². The van der Waals surface area contributed by atoms with Crippen LogP contribution in [0.1, 0.15) is 31.4 Å². The van der Waals surface area contributed by atoms with E-state index >= 15 is 0 Å². The number of nitrogens with two attached hydrogens (primary N) is 1. The molecular formula is C14H21FN2O2. The maximum Gasteiger partial charge on any atom is 0.252 e. The van der Waals surface area contributed by atoms with Crippen LogP contribution >= 0.6 is 0 Å². The van der Waals surface area contributed by atoms with Crippen LogP contribution in [0.15, 0.2) is 18.2 Å². The van der Waals surface area contributed by atoms with Gasteiger partial charge in [-0.25, -0.2) is 4.39 Å². The van der Waals surface area contributed by atoms with E-state index < -0.39 is 5.60 Å². The van der Waals surface area contributed by atoms with Crippen molar-refractivity contribution in [2.45, 2.75) is 39.0 Å². The zero-order valence-corrected chi connectivity index (χ0v) is 11.6. The average Bonchev–Trinajstić information content (AvgIpc) is 2.44. The van der Waals surface area contributed by atoms with Gasteiger partial charge in [-0.2, -0.15) is 0 Å². The van der Waals surface area contributed by atoms with Crippen LogP contribution in [0.25, 0.3) is 0 Å². The Morgan fingerprint density at radius 1 is 1.53 bits per heavy atom. The number of hydrogen-bond acceptors (Lipinski definition) is 3. The summed E-state index contributed by atoms with van der Waals surface area (Å²) in [7, 11) is 1.49. The lowest BCUT2D eigenvalue weighted by molar-refractivity contribution is -0.142. The van der Waals surface area contributed by atoms with Crippen molar-refractivity contribution < 1.29 is 13.9 Å². The van der Waals surface area contributed by atoms with E-state index in [0.717, 1.165) is 5.56 Å². The molecule has 0 aliphatic heterocycles. The Labute approximate surface area is 113 Å². The Hall–Kier alpha value is -1.46. The summed E-state index contributed by atoms with van der Waals surface area (Å²) in [5.41, 5.74) is 5.71. The van der Waals surface area contributed by atoms with Gasteiger partial charge in [0.15, 0.2) is 0 Å². The van der Waals surface area contributed by atoms with Crippen molar-refractivity contribution in [1.82, 2.24) is 5.32 Å². The van der Waals surface area contributed by atoms with Crippen molar-refractivity contribution in [3.63, 3.8) is 0 Å². The number of amides is 1. The van der Waals surface area contributed by atoms with Crippen LogP contribution in [0, 0.1) is 5.82 Å². The lowest BCUT2D eigenvalue weighted by Gasteiger charge is -2.25. The topological polar surface area (TPSA) is 64.3 Å². The van der Waals surface area contributed by atoms with Crippen molar-refractivity contribution in [2.75, 3.05) is 7.11 Å². The number of halogens is 1. The maximum absolute atomic E-state index is 13.7. The first-order valence-corrected chi connectivity index (χ1v) is 6.27. The SMILES string of the molecule is CCC(C)(OC)C(=O)NCc1ccc(CN)cc1F. The minimum absolute atomic E-state index is 0.133. The maximum atomic E-state index is 13.7. The predicted molar refractivity (Wildman–Crippen MR) is 71.8 cm³/mol. The molecule has 0 radical (unpaired) electrons. The molecule has 4 nitrogen and oxygen atoms in total. The molecule has 0 bridgehead atoms. The molecule has 0 fully saturated rings. The fourth-order valence-electron chi connectivity index (χ4n) is 1.62. The third kappa shape index (κ3) is 3.75. The molecule has 1 rings (SSSR count). The van der Waals surface area contributed by atoms with Crippen molar-refractivity contribution in [3.8, 4) is 0 Å². The van der Waals surface area contributed by atoms with E-state index in [0.29, 0.717) is 18.5 Å². The first kappa shape index (κ1) is 15.6. The Balaban J connectivity index is 2.69. The number of hydrogen-bond donors (Lipinski definition) is 2. The molecule has 3 N–H and O–H groups in total. The van der Waals surface area contributed by atoms with Gasteiger partial charge in [-0.1, -0.05) is 19.1 Å². The van der Waals surface area contributed by atoms with Crippen LogP contribution in [-0.2, 0) is 22.6 Å². The standard InChI is InChI=1S/C14H21FN2O2/c1-4-14(2,19-3)13(18)17-9-11-6-5-10(8-16)7-12(11)15/h5-7H,4,8-9,16H2,1-3H3,(H,17,18). The van der Waals surface area contributed by atoms with Crippen LogP contribution in [0.3, 0.4) is 0 Å². The van der Waals surface area contributed by atoms with E-state index in [1.54, 1.807) is 19.1 Å². The molecule has 0 aliphatic rings. The summed E-state index contributed by atoms with van der Waals surface area (Å²) >= 11 is 0. The van der Waals surface area contributed by atoms with Gasteiger partial charge in [0.25, 0.3) is 5.91 Å². The molecule has 1 amide bonds. The molecule has 0 aromatic heterocycles. The third-order valence-electron chi connectivity index (χ3n) is 3.40. The molecule has 0 heterocycles. The van der Waals surface area contributed by atoms with Gasteiger partial charge in [0, 0.05) is 25.8 Å². The molecular weight excluding hydrogens is 247 g/mol. The fraction of sp³-hybridized carbons (Fsp3) is 0.500. The lowest BCUT2D eigenvalue weighted by Crippen LogP contribution is -2.45. The van der Waals surface area contributed by atoms with Gasteiger partial charge in [0.05, 0.1) is 0 Å². The van der Waals surface area contributed by atoms with E-state index in [2.05, 4.69) is 5.32 Å². The first-order chi connectivity index (χ1) is 8.96. The van der Waals surface area contributed by atoms with Gasteiger partial charge in [0.2, 0.25) is 0 Å². The molecule has 1 aromatic rings. The summed E-state index contributed by atoms with van der Waals surface area (Å²) < 4.78 is 18.9. The highest BCUT2D eigenvalue weighted by Crippen LogP contribution is 2.15. The normalized spacial score (nSPS) is 13.9. The van der Waals surface area contributed by atoms with Crippen molar-refractivity contribution >= 4 is 5.91 Å². The van der Waals surface area contributed by atoms with Crippen molar-refractivity contribution in [1.29, 1.82) is 0 Å². The summed E-state index contributed by atoms with van der Waals surface area (Å²) in [4.78, 5) is 12.0. The molecule has 1 atom stereocenters. The number of ether oxygens (including phenoxy) is 1. The van der Waals surface area contributed by atoms with Gasteiger partial charge in [-0.05, 0) is 25.0 Å². The number of carbonyl (C=O) groups is 1. The molecule has 19 heavy (non-hydrogen) atoms. The summed E-state index contributed by atoms with van der Waals surface area (Å²) in [6, 6.07) is 4.77. The largest absolute Gasteiger partial charge is 0.369 e. The summed E-state index contributed by atoms with van der Waals surface area (Å²) in [5, 5.41) is 2.68. The minimum Gasteiger partial charge on any atom is -0.369 e. The van der Waals surface area contributed by atoms with E-state index in [1.165, 1.54) is 13.2 Å². The van der Waals surface area contributed by atoms with Crippen LogP contribution < -0.4 is 11.1 Å². The molecule has 0 aliphatic carbocycles. The highest BCUT2D eigenvalue weighted by molar-refractivity contribution is 5.84. The molecule has 5 heteroatoms. The van der Waals surface area contributed by atoms with Gasteiger partial charge in [-0.15, -0.1) is 0 Å². The summed E-state index contributed by atoms with van der Waals surface area (Å²) in [5.74, 6) is -0.612. The highest BCUT2D eigenvalue weighted by Gasteiger charge is 2.30. The quantitative estimate of drug-likeness (QED) is 0.825. The minimum atomic E-state index is -0.881. The molecule has 0 saturated heterocycles. The zero-order valence-electron chi connectivity index (χ0n) is 11.6. The van der Waals surface area contributed by atoms with Crippen LogP contribution in [0.2, 0.25) is 0 Å². The van der Waals surface area contributed by atoms with Crippen LogP contribution in [0.5, 0.6) is 0 Å². The molecule has 106 valence electrons. The Kier molecular flexibility index (Phi) is 5.44. The smallest absolute Gasteiger partial charge is 0.252 e. The van der Waals surface area contributed by atoms with Crippen molar-refractivity contribution in [2.24, 2.45) is 5.73 Å². The number of carbonyl (C=O) groups excluding carboxylic acids is 1. The van der Waals surface area contributed by atoms with Crippen LogP contribution in [0.4, 0.5) is 4.39 Å². The van der Waals surface area contributed by atoms with E-state index in [4.69, 9.17) is 10.5 Å². The van der Waals surface area contributed by atoms with Gasteiger partial charge in [-0.3, -0.25) is 4.79 Å². The Morgan fingerprint density at radius 3 is 2.68 bits per heavy atom. The highest BCUT2D eigenvalue weighted by atomic mass is 19.1. The lowest BCUT2D eigenvalue weighted by atomic mass is 10.0. The monoisotopic (exact) mass is 268 g/mol. The second-order valence-corrected chi connectivity index (χ2v) is 4.60. The molecule has 1 unspecified atom stereocenters. The summed E-state index contributed by atoms with van der Waals surface area (Å²) in [6.07, 6.45) is 0.546. The molecule has 0 spiro atoms. The van der Waals surface area contributed by atoms with Crippen LogP contribution in [-0.4, -0.2) is 18.6 Å². The first-order valence-electron chi connectivity index (χ1n) is 6.27. The Bertz CT molecular complexity index is 445. The van der Waals surface area contributed by atoms with E-state index in [-0.39, 0.29) is 18.3 Å². The number of rotatable bonds is 6.